The van der Waals surface area contributed by atoms with Crippen molar-refractivity contribution >= 4 is 55.5 Å². The van der Waals surface area contributed by atoms with Crippen molar-refractivity contribution in [3.63, 3.8) is 0 Å². The van der Waals surface area contributed by atoms with Gasteiger partial charge in [0.2, 0.25) is 10.0 Å². The molecule has 39 heavy (non-hydrogen) atoms. The van der Waals surface area contributed by atoms with Gasteiger partial charge in [-0.15, -0.1) is 11.3 Å². The minimum Gasteiger partial charge on any atom is -0.379 e. The fourth-order valence-electron chi connectivity index (χ4n) is 4.64. The molecule has 1 aromatic heterocycles. The SMILES string of the molecule is N#Cc1c(NC(=O)c2cc(S(=O)(=O)N3CCOCC3)c(Cl)cc2Cl)sc2c1CCN(Cc1ccc(F)cc1)C2. The summed E-state index contributed by atoms with van der Waals surface area (Å²) in [6.45, 7) is 2.78. The van der Waals surface area contributed by atoms with E-state index < -0.39 is 15.9 Å². The van der Waals surface area contributed by atoms with E-state index in [0.29, 0.717) is 36.6 Å². The number of anilines is 1. The largest absolute Gasteiger partial charge is 0.379 e. The average Bonchev–Trinajstić information content (AvgIpc) is 3.26. The van der Waals surface area contributed by atoms with Crippen LogP contribution in [0.25, 0.3) is 0 Å². The van der Waals surface area contributed by atoms with Crippen molar-refractivity contribution in [1.82, 2.24) is 9.21 Å². The normalized spacial score (nSPS) is 16.5. The molecular formula is C26H23Cl2FN4O4S2. The number of carbonyl (C=O) groups excluding carboxylic acids is 1. The summed E-state index contributed by atoms with van der Waals surface area (Å²) in [6.07, 6.45) is 0.620. The van der Waals surface area contributed by atoms with Crippen LogP contribution in [0.15, 0.2) is 41.3 Å². The molecule has 8 nitrogen and oxygen atoms in total. The second-order valence-corrected chi connectivity index (χ2v) is 13.0. The summed E-state index contributed by atoms with van der Waals surface area (Å²) in [7, 11) is -3.98. The third kappa shape index (κ3) is 5.83. The van der Waals surface area contributed by atoms with E-state index in [-0.39, 0.29) is 52.6 Å². The molecule has 204 valence electrons. The number of sulfonamides is 1. The van der Waals surface area contributed by atoms with E-state index in [1.54, 1.807) is 12.1 Å². The first-order valence-corrected chi connectivity index (χ1v) is 15.1. The van der Waals surface area contributed by atoms with E-state index in [0.717, 1.165) is 16.0 Å². The van der Waals surface area contributed by atoms with Gasteiger partial charge in [-0.3, -0.25) is 9.69 Å². The summed E-state index contributed by atoms with van der Waals surface area (Å²) in [5.74, 6) is -0.933. The fraction of sp³-hybridized carbons (Fsp3) is 0.308. The Morgan fingerprint density at radius 2 is 1.85 bits per heavy atom. The van der Waals surface area contributed by atoms with E-state index in [1.165, 1.54) is 39.9 Å². The van der Waals surface area contributed by atoms with Gasteiger partial charge in [-0.2, -0.15) is 9.57 Å². The van der Waals surface area contributed by atoms with Crippen LogP contribution >= 0.6 is 34.5 Å². The fourth-order valence-corrected chi connectivity index (χ4v) is 8.12. The minimum absolute atomic E-state index is 0.0104. The van der Waals surface area contributed by atoms with Crippen LogP contribution in [0.2, 0.25) is 10.0 Å². The zero-order chi connectivity index (χ0) is 27.7. The minimum atomic E-state index is -3.98. The van der Waals surface area contributed by atoms with Crippen molar-refractivity contribution in [2.45, 2.75) is 24.4 Å². The Morgan fingerprint density at radius 3 is 2.54 bits per heavy atom. The van der Waals surface area contributed by atoms with Gasteiger partial charge in [-0.1, -0.05) is 35.3 Å². The Bertz CT molecular complexity index is 1570. The first kappa shape index (κ1) is 28.0. The molecule has 0 radical (unpaired) electrons. The Hall–Kier alpha value is -2.56. The highest BCUT2D eigenvalue weighted by atomic mass is 35.5. The predicted octanol–water partition coefficient (Wildman–Crippen LogP) is 4.90. The molecule has 2 aliphatic rings. The number of benzene rings is 2. The summed E-state index contributed by atoms with van der Waals surface area (Å²) >= 11 is 13.9. The van der Waals surface area contributed by atoms with E-state index in [9.17, 15) is 22.9 Å². The molecule has 1 amide bonds. The highest BCUT2D eigenvalue weighted by molar-refractivity contribution is 7.89. The van der Waals surface area contributed by atoms with Gasteiger partial charge in [0.05, 0.1) is 34.4 Å². The quantitative estimate of drug-likeness (QED) is 0.427. The lowest BCUT2D eigenvalue weighted by molar-refractivity contribution is 0.0730. The number of halogens is 3. The Balaban J connectivity index is 1.38. The number of hydrogen-bond acceptors (Lipinski definition) is 7. The van der Waals surface area contributed by atoms with E-state index in [1.807, 2.05) is 0 Å². The monoisotopic (exact) mass is 608 g/mol. The molecule has 0 spiro atoms. The molecule has 1 fully saturated rings. The van der Waals surface area contributed by atoms with Crippen LogP contribution in [0.1, 0.15) is 31.9 Å². The smallest absolute Gasteiger partial charge is 0.257 e. The summed E-state index contributed by atoms with van der Waals surface area (Å²) in [5.41, 5.74) is 2.17. The molecular weight excluding hydrogens is 586 g/mol. The third-order valence-electron chi connectivity index (χ3n) is 6.65. The van der Waals surface area contributed by atoms with Gasteiger partial charge in [0.25, 0.3) is 5.91 Å². The lowest BCUT2D eigenvalue weighted by atomic mass is 10.0. The Morgan fingerprint density at radius 1 is 1.13 bits per heavy atom. The van der Waals surface area contributed by atoms with E-state index in [2.05, 4.69) is 16.3 Å². The third-order valence-corrected chi connectivity index (χ3v) is 10.5. The lowest BCUT2D eigenvalue weighted by Gasteiger charge is -2.26. The topological polar surface area (TPSA) is 103 Å². The van der Waals surface area contributed by atoms with Gasteiger partial charge in [-0.05, 0) is 41.8 Å². The molecule has 0 bridgehead atoms. The van der Waals surface area contributed by atoms with Crippen molar-refractivity contribution in [2.24, 2.45) is 0 Å². The molecule has 3 aromatic rings. The maximum Gasteiger partial charge on any atom is 0.257 e. The van der Waals surface area contributed by atoms with E-state index in [4.69, 9.17) is 27.9 Å². The highest BCUT2D eigenvalue weighted by Gasteiger charge is 2.31. The Kier molecular flexibility index (Phi) is 8.26. The van der Waals surface area contributed by atoms with Crippen LogP contribution in [0, 0.1) is 17.1 Å². The number of thiophene rings is 1. The van der Waals surface area contributed by atoms with Crippen LogP contribution in [0.3, 0.4) is 0 Å². The number of fused-ring (bicyclic) bond motifs is 1. The summed E-state index contributed by atoms with van der Waals surface area (Å²) in [6, 6.07) is 11.0. The number of carbonyl (C=O) groups is 1. The second-order valence-electron chi connectivity index (χ2n) is 9.14. The average molecular weight is 610 g/mol. The van der Waals surface area contributed by atoms with Gasteiger partial charge in [0, 0.05) is 37.6 Å². The number of nitriles is 1. The zero-order valence-corrected chi connectivity index (χ0v) is 23.7. The standard InChI is InChI=1S/C26H23Cl2FN4O4S2/c27-21-12-22(28)24(39(35,36)33-7-9-37-10-8-33)11-19(21)25(34)31-26-20(13-30)18-5-6-32(15-23(18)38-26)14-16-1-3-17(29)4-2-16/h1-4,11-12H,5-10,14-15H2,(H,31,34). The molecule has 2 aromatic carbocycles. The molecule has 0 unspecified atom stereocenters. The van der Waals surface area contributed by atoms with Crippen LogP contribution < -0.4 is 5.32 Å². The maximum atomic E-state index is 13.3. The second kappa shape index (κ2) is 11.5. The lowest BCUT2D eigenvalue weighted by Crippen LogP contribution is -2.40. The predicted molar refractivity (Wildman–Crippen MR) is 147 cm³/mol. The van der Waals surface area contributed by atoms with Crippen LogP contribution in [0.5, 0.6) is 0 Å². The number of nitrogens with zero attached hydrogens (tertiary/aromatic N) is 3. The van der Waals surface area contributed by atoms with Crippen molar-refractivity contribution < 1.29 is 22.3 Å². The zero-order valence-electron chi connectivity index (χ0n) is 20.5. The Labute approximate surface area is 239 Å². The first-order valence-electron chi connectivity index (χ1n) is 12.1. The van der Waals surface area contributed by atoms with Crippen LogP contribution in [0.4, 0.5) is 9.39 Å². The van der Waals surface area contributed by atoms with Gasteiger partial charge in [0.15, 0.2) is 0 Å². The summed E-state index contributed by atoms with van der Waals surface area (Å²) < 4.78 is 46.2. The van der Waals surface area contributed by atoms with Gasteiger partial charge in [-0.25, -0.2) is 12.8 Å². The summed E-state index contributed by atoms with van der Waals surface area (Å²) in [4.78, 5) is 16.2. The van der Waals surface area contributed by atoms with Crippen LogP contribution in [-0.2, 0) is 34.3 Å². The number of hydrogen-bond donors (Lipinski definition) is 1. The molecule has 2 aliphatic heterocycles. The van der Waals surface area contributed by atoms with Crippen LogP contribution in [-0.4, -0.2) is 56.4 Å². The van der Waals surface area contributed by atoms with Gasteiger partial charge in [0.1, 0.15) is 21.8 Å². The number of ether oxygens (including phenoxy) is 1. The maximum absolute atomic E-state index is 13.3. The van der Waals surface area contributed by atoms with Crippen molar-refractivity contribution in [3.8, 4) is 6.07 Å². The van der Waals surface area contributed by atoms with Crippen molar-refractivity contribution in [1.29, 1.82) is 5.26 Å². The summed E-state index contributed by atoms with van der Waals surface area (Å²) in [5, 5.41) is 12.9. The molecule has 3 heterocycles. The molecule has 13 heteroatoms. The van der Waals surface area contributed by atoms with E-state index >= 15 is 0 Å². The molecule has 1 N–H and O–H groups in total. The number of nitrogens with one attached hydrogen (secondary N) is 1. The molecule has 5 rings (SSSR count). The number of rotatable bonds is 6. The van der Waals surface area contributed by atoms with Gasteiger partial charge >= 0.3 is 0 Å². The highest BCUT2D eigenvalue weighted by Crippen LogP contribution is 2.38. The molecule has 0 aliphatic carbocycles. The number of amides is 1. The first-order chi connectivity index (χ1) is 18.7. The molecule has 1 saturated heterocycles. The van der Waals surface area contributed by atoms with Gasteiger partial charge < -0.3 is 10.1 Å². The number of morpholine rings is 1. The molecule has 0 atom stereocenters. The van der Waals surface area contributed by atoms with Crippen molar-refractivity contribution in [2.75, 3.05) is 38.2 Å². The van der Waals surface area contributed by atoms with Crippen molar-refractivity contribution in [3.05, 3.63) is 79.4 Å². The molecule has 0 saturated carbocycles.